The molecule has 0 aliphatic heterocycles. The summed E-state index contributed by atoms with van der Waals surface area (Å²) in [4.78, 5) is 0. The van der Waals surface area contributed by atoms with Gasteiger partial charge in [-0.2, -0.15) is 5.10 Å². The number of aryl methyl sites for hydroxylation is 1. The van der Waals surface area contributed by atoms with E-state index < -0.39 is 5.60 Å². The minimum Gasteiger partial charge on any atom is -0.389 e. The molecule has 25 heavy (non-hydrogen) atoms. The zero-order valence-corrected chi connectivity index (χ0v) is 14.6. The van der Waals surface area contributed by atoms with Gasteiger partial charge in [0.05, 0.1) is 16.8 Å². The van der Waals surface area contributed by atoms with Gasteiger partial charge >= 0.3 is 0 Å². The smallest absolute Gasteiger partial charge is 0.0927 e. The van der Waals surface area contributed by atoms with Gasteiger partial charge in [-0.15, -0.1) is 0 Å². The lowest BCUT2D eigenvalue weighted by molar-refractivity contribution is 0.0367. The predicted molar refractivity (Wildman–Crippen MR) is 104 cm³/mol. The molecule has 0 radical (unpaired) electrons. The highest BCUT2D eigenvalue weighted by atomic mass is 16.3. The van der Waals surface area contributed by atoms with Gasteiger partial charge < -0.3 is 10.8 Å². The molecule has 1 unspecified atom stereocenters. The summed E-state index contributed by atoms with van der Waals surface area (Å²) in [5, 5.41) is 19.0. The lowest BCUT2D eigenvalue weighted by Gasteiger charge is -2.25. The first-order valence-electron chi connectivity index (χ1n) is 8.77. The zero-order chi connectivity index (χ0) is 17.7. The van der Waals surface area contributed by atoms with Crippen LogP contribution in [-0.2, 0) is 6.42 Å². The van der Waals surface area contributed by atoms with Gasteiger partial charge in [0.1, 0.15) is 0 Å². The van der Waals surface area contributed by atoms with Gasteiger partial charge in [-0.25, -0.2) is 0 Å². The standard InChI is InChI=1S/C21H25N3O/c1-2-21(25,15-22)14-13-17-8-4-3-7-16(17)11-12-20-18-9-5-6-10-19(18)23-24-20/h3-12,25H,2,13-15,22H2,1H3,(H,23,24). The molecule has 0 aliphatic carbocycles. The van der Waals surface area contributed by atoms with Crippen molar-refractivity contribution in [3.63, 3.8) is 0 Å². The van der Waals surface area contributed by atoms with E-state index in [-0.39, 0.29) is 0 Å². The Kier molecular flexibility index (Phi) is 5.31. The van der Waals surface area contributed by atoms with E-state index in [0.717, 1.165) is 28.6 Å². The van der Waals surface area contributed by atoms with Gasteiger partial charge in [0, 0.05) is 11.9 Å². The van der Waals surface area contributed by atoms with Crippen molar-refractivity contribution in [1.82, 2.24) is 10.2 Å². The van der Waals surface area contributed by atoms with Crippen molar-refractivity contribution < 1.29 is 5.11 Å². The molecular formula is C21H25N3O. The SMILES string of the molecule is CCC(O)(CN)CCc1ccccc1C=Cc1n[nH]c2ccccc12. The molecule has 0 spiro atoms. The summed E-state index contributed by atoms with van der Waals surface area (Å²) in [5.41, 5.74) is 9.25. The molecule has 3 rings (SSSR count). The summed E-state index contributed by atoms with van der Waals surface area (Å²) in [6.07, 6.45) is 6.25. The summed E-state index contributed by atoms with van der Waals surface area (Å²) in [6.45, 7) is 2.27. The van der Waals surface area contributed by atoms with Gasteiger partial charge in [-0.1, -0.05) is 55.5 Å². The predicted octanol–water partition coefficient (Wildman–Crippen LogP) is 3.77. The molecule has 2 aromatic carbocycles. The summed E-state index contributed by atoms with van der Waals surface area (Å²) >= 11 is 0. The number of hydrogen-bond acceptors (Lipinski definition) is 3. The van der Waals surface area contributed by atoms with E-state index in [4.69, 9.17) is 5.73 Å². The Balaban J connectivity index is 1.81. The first-order valence-corrected chi connectivity index (χ1v) is 8.77. The Morgan fingerprint density at radius 3 is 2.68 bits per heavy atom. The Morgan fingerprint density at radius 1 is 1.12 bits per heavy atom. The molecular weight excluding hydrogens is 310 g/mol. The second-order valence-electron chi connectivity index (χ2n) is 6.47. The van der Waals surface area contributed by atoms with Gasteiger partial charge in [-0.3, -0.25) is 5.10 Å². The fraction of sp³-hybridized carbons (Fsp3) is 0.286. The number of aromatic nitrogens is 2. The number of rotatable bonds is 7. The van der Waals surface area contributed by atoms with Crippen LogP contribution in [0.2, 0.25) is 0 Å². The Hall–Kier alpha value is -2.43. The lowest BCUT2D eigenvalue weighted by Crippen LogP contribution is -2.37. The van der Waals surface area contributed by atoms with Crippen LogP contribution >= 0.6 is 0 Å². The highest BCUT2D eigenvalue weighted by Crippen LogP contribution is 2.22. The minimum absolute atomic E-state index is 0.292. The molecule has 1 atom stereocenters. The van der Waals surface area contributed by atoms with Crippen LogP contribution in [0.5, 0.6) is 0 Å². The molecule has 130 valence electrons. The van der Waals surface area contributed by atoms with Crippen LogP contribution in [0.25, 0.3) is 23.1 Å². The number of hydrogen-bond donors (Lipinski definition) is 3. The van der Waals surface area contributed by atoms with Gasteiger partial charge in [0.25, 0.3) is 0 Å². The molecule has 4 nitrogen and oxygen atoms in total. The van der Waals surface area contributed by atoms with Crippen LogP contribution in [0, 0.1) is 0 Å². The molecule has 0 aliphatic rings. The maximum Gasteiger partial charge on any atom is 0.0927 e. The summed E-state index contributed by atoms with van der Waals surface area (Å²) in [5.74, 6) is 0. The number of aliphatic hydroxyl groups is 1. The number of benzene rings is 2. The van der Waals surface area contributed by atoms with E-state index in [1.165, 1.54) is 5.56 Å². The maximum atomic E-state index is 10.4. The molecule has 0 bridgehead atoms. The fourth-order valence-corrected chi connectivity index (χ4v) is 3.00. The molecule has 0 saturated heterocycles. The molecule has 0 amide bonds. The lowest BCUT2D eigenvalue weighted by atomic mass is 9.91. The minimum atomic E-state index is -0.783. The summed E-state index contributed by atoms with van der Waals surface area (Å²) in [6, 6.07) is 16.4. The van der Waals surface area contributed by atoms with E-state index >= 15 is 0 Å². The molecule has 4 heteroatoms. The maximum absolute atomic E-state index is 10.4. The fourth-order valence-electron chi connectivity index (χ4n) is 3.00. The number of nitrogens with two attached hydrogens (primary N) is 1. The zero-order valence-electron chi connectivity index (χ0n) is 14.6. The second-order valence-corrected chi connectivity index (χ2v) is 6.47. The molecule has 1 heterocycles. The average molecular weight is 335 g/mol. The number of H-pyrrole nitrogens is 1. The normalized spacial score (nSPS) is 14.2. The number of nitrogens with zero attached hydrogens (tertiary/aromatic N) is 1. The second kappa shape index (κ2) is 7.64. The van der Waals surface area contributed by atoms with Crippen LogP contribution in [0.3, 0.4) is 0 Å². The first kappa shape index (κ1) is 17.4. The molecule has 0 saturated carbocycles. The van der Waals surface area contributed by atoms with E-state index in [1.807, 2.05) is 43.3 Å². The molecule has 0 fully saturated rings. The van der Waals surface area contributed by atoms with E-state index in [9.17, 15) is 5.11 Å². The van der Waals surface area contributed by atoms with Crippen molar-refractivity contribution in [3.05, 3.63) is 65.4 Å². The topological polar surface area (TPSA) is 74.9 Å². The molecule has 1 aromatic heterocycles. The van der Waals surface area contributed by atoms with Crippen molar-refractivity contribution in [3.8, 4) is 0 Å². The van der Waals surface area contributed by atoms with Crippen LogP contribution in [0.4, 0.5) is 0 Å². The van der Waals surface area contributed by atoms with Crippen LogP contribution in [0.1, 0.15) is 36.6 Å². The third kappa shape index (κ3) is 3.98. The quantitative estimate of drug-likeness (QED) is 0.615. The largest absolute Gasteiger partial charge is 0.389 e. The summed E-state index contributed by atoms with van der Waals surface area (Å²) in [7, 11) is 0. The van der Waals surface area contributed by atoms with Crippen LogP contribution < -0.4 is 5.73 Å². The number of para-hydroxylation sites is 1. The molecule has 4 N–H and O–H groups in total. The van der Waals surface area contributed by atoms with Gasteiger partial charge in [0.2, 0.25) is 0 Å². The van der Waals surface area contributed by atoms with E-state index in [0.29, 0.717) is 19.4 Å². The third-order valence-electron chi connectivity index (χ3n) is 4.87. The van der Waals surface area contributed by atoms with E-state index in [1.54, 1.807) is 0 Å². The Labute approximate surface area is 148 Å². The first-order chi connectivity index (χ1) is 12.1. The number of aromatic amines is 1. The molecule has 3 aromatic rings. The van der Waals surface area contributed by atoms with Crippen LogP contribution in [0.15, 0.2) is 48.5 Å². The number of nitrogens with one attached hydrogen (secondary N) is 1. The third-order valence-corrected chi connectivity index (χ3v) is 4.87. The van der Waals surface area contributed by atoms with Crippen molar-refractivity contribution in [1.29, 1.82) is 0 Å². The van der Waals surface area contributed by atoms with Gasteiger partial charge in [-0.05, 0) is 42.5 Å². The van der Waals surface area contributed by atoms with Crippen molar-refractivity contribution in [2.45, 2.75) is 31.8 Å². The Bertz CT molecular complexity index is 862. The average Bonchev–Trinajstić information content (AvgIpc) is 3.08. The van der Waals surface area contributed by atoms with E-state index in [2.05, 4.69) is 34.5 Å². The monoisotopic (exact) mass is 335 g/mol. The van der Waals surface area contributed by atoms with Gasteiger partial charge in [0.15, 0.2) is 0 Å². The van der Waals surface area contributed by atoms with Crippen molar-refractivity contribution in [2.24, 2.45) is 5.73 Å². The highest BCUT2D eigenvalue weighted by Gasteiger charge is 2.22. The van der Waals surface area contributed by atoms with Crippen LogP contribution in [-0.4, -0.2) is 27.4 Å². The van der Waals surface area contributed by atoms with Crippen molar-refractivity contribution in [2.75, 3.05) is 6.54 Å². The number of fused-ring (bicyclic) bond motifs is 1. The highest BCUT2D eigenvalue weighted by molar-refractivity contribution is 5.89. The Morgan fingerprint density at radius 2 is 1.88 bits per heavy atom. The summed E-state index contributed by atoms with van der Waals surface area (Å²) < 4.78 is 0. The van der Waals surface area contributed by atoms with Crippen molar-refractivity contribution >= 4 is 23.1 Å².